The summed E-state index contributed by atoms with van der Waals surface area (Å²) >= 11 is 0. The number of rotatable bonds is 4. The molecule has 1 aliphatic heterocycles. The Balaban J connectivity index is 1.33. The molecule has 3 aromatic heterocycles. The molecule has 24 heavy (non-hydrogen) atoms. The van der Waals surface area contributed by atoms with E-state index in [-0.39, 0.29) is 11.8 Å². The number of hydrogen-bond donors (Lipinski definition) is 1. The Morgan fingerprint density at radius 2 is 2.17 bits per heavy atom. The van der Waals surface area contributed by atoms with E-state index in [9.17, 15) is 4.79 Å². The van der Waals surface area contributed by atoms with Gasteiger partial charge in [0.05, 0.1) is 12.8 Å². The van der Waals surface area contributed by atoms with Gasteiger partial charge in [-0.15, -0.1) is 15.3 Å². The number of carbonyl (C=O) groups excluding carboxylic acids is 1. The molecule has 0 unspecified atom stereocenters. The number of hydrogen-bond acceptors (Lipinski definition) is 6. The molecule has 3 aromatic rings. The number of furan rings is 1. The average Bonchev–Trinajstić information content (AvgIpc) is 3.30. The van der Waals surface area contributed by atoms with Crippen LogP contribution >= 0.6 is 0 Å². The Kier molecular flexibility index (Phi) is 3.86. The highest BCUT2D eigenvalue weighted by atomic mass is 16.3. The second kappa shape index (κ2) is 6.31. The van der Waals surface area contributed by atoms with Gasteiger partial charge in [-0.2, -0.15) is 4.52 Å². The minimum absolute atomic E-state index is 0.0369. The zero-order valence-corrected chi connectivity index (χ0v) is 13.1. The highest BCUT2D eigenvalue weighted by Crippen LogP contribution is 2.22. The van der Waals surface area contributed by atoms with Crippen LogP contribution in [-0.4, -0.2) is 38.8 Å². The second-order valence-electron chi connectivity index (χ2n) is 5.88. The van der Waals surface area contributed by atoms with Gasteiger partial charge in [0, 0.05) is 19.0 Å². The minimum atomic E-state index is 0.0369. The predicted molar refractivity (Wildman–Crippen MR) is 86.3 cm³/mol. The normalized spacial score (nSPS) is 15.8. The van der Waals surface area contributed by atoms with Crippen molar-refractivity contribution in [2.24, 2.45) is 5.92 Å². The second-order valence-corrected chi connectivity index (χ2v) is 5.88. The Hall–Kier alpha value is -2.90. The summed E-state index contributed by atoms with van der Waals surface area (Å²) < 4.78 is 6.90. The third-order valence-corrected chi connectivity index (χ3v) is 4.35. The summed E-state index contributed by atoms with van der Waals surface area (Å²) in [5.74, 6) is 1.78. The van der Waals surface area contributed by atoms with Gasteiger partial charge in [-0.25, -0.2) is 0 Å². The van der Waals surface area contributed by atoms with Crippen molar-refractivity contribution in [3.63, 3.8) is 0 Å². The Morgan fingerprint density at radius 3 is 2.96 bits per heavy atom. The fourth-order valence-electron chi connectivity index (χ4n) is 2.99. The van der Waals surface area contributed by atoms with Gasteiger partial charge in [-0.1, -0.05) is 0 Å². The van der Waals surface area contributed by atoms with Gasteiger partial charge in [-0.3, -0.25) is 4.79 Å². The van der Waals surface area contributed by atoms with E-state index in [1.54, 1.807) is 17.1 Å². The molecule has 4 heterocycles. The molecule has 8 heteroatoms. The molecule has 0 atom stereocenters. The summed E-state index contributed by atoms with van der Waals surface area (Å²) in [6.45, 7) is 2.05. The van der Waals surface area contributed by atoms with E-state index in [1.807, 2.05) is 24.3 Å². The lowest BCUT2D eigenvalue weighted by Gasteiger charge is -2.31. The van der Waals surface area contributed by atoms with Crippen molar-refractivity contribution in [2.45, 2.75) is 19.4 Å². The number of amides is 1. The fraction of sp³-hybridized carbons (Fsp3) is 0.375. The van der Waals surface area contributed by atoms with E-state index in [1.165, 1.54) is 0 Å². The number of carbonyl (C=O) groups is 1. The van der Waals surface area contributed by atoms with Crippen molar-refractivity contribution in [2.75, 3.05) is 18.0 Å². The summed E-state index contributed by atoms with van der Waals surface area (Å²) in [6, 6.07) is 7.52. The van der Waals surface area contributed by atoms with E-state index >= 15 is 0 Å². The van der Waals surface area contributed by atoms with Crippen LogP contribution in [0.15, 0.2) is 41.3 Å². The van der Waals surface area contributed by atoms with Crippen molar-refractivity contribution in [3.05, 3.63) is 42.6 Å². The van der Waals surface area contributed by atoms with Gasteiger partial charge in [0.2, 0.25) is 5.91 Å². The van der Waals surface area contributed by atoms with Crippen LogP contribution in [0.1, 0.15) is 18.6 Å². The first kappa shape index (κ1) is 14.7. The van der Waals surface area contributed by atoms with Crippen LogP contribution in [0.3, 0.4) is 0 Å². The first-order valence-corrected chi connectivity index (χ1v) is 8.02. The van der Waals surface area contributed by atoms with Crippen LogP contribution in [0, 0.1) is 5.92 Å². The van der Waals surface area contributed by atoms with Crippen molar-refractivity contribution >= 4 is 17.4 Å². The lowest BCUT2D eigenvalue weighted by Crippen LogP contribution is -2.40. The smallest absolute Gasteiger partial charge is 0.223 e. The molecule has 0 aliphatic carbocycles. The molecular formula is C16H18N6O2. The van der Waals surface area contributed by atoms with Crippen molar-refractivity contribution in [1.29, 1.82) is 0 Å². The molecule has 0 aromatic carbocycles. The summed E-state index contributed by atoms with van der Waals surface area (Å²) in [7, 11) is 0. The molecule has 1 fully saturated rings. The number of nitrogens with zero attached hydrogens (tertiary/aromatic N) is 5. The third kappa shape index (κ3) is 2.94. The van der Waals surface area contributed by atoms with Crippen LogP contribution in [0.4, 0.5) is 5.82 Å². The lowest BCUT2D eigenvalue weighted by molar-refractivity contribution is -0.125. The number of fused-ring (bicyclic) bond motifs is 1. The van der Waals surface area contributed by atoms with Crippen LogP contribution in [0.25, 0.3) is 5.65 Å². The van der Waals surface area contributed by atoms with E-state index in [2.05, 4.69) is 25.5 Å². The summed E-state index contributed by atoms with van der Waals surface area (Å²) in [6.07, 6.45) is 4.82. The highest BCUT2D eigenvalue weighted by molar-refractivity contribution is 5.78. The minimum Gasteiger partial charge on any atom is -0.467 e. The fourth-order valence-corrected chi connectivity index (χ4v) is 2.99. The van der Waals surface area contributed by atoms with E-state index in [0.717, 1.165) is 43.2 Å². The van der Waals surface area contributed by atoms with Crippen LogP contribution in [-0.2, 0) is 11.3 Å². The van der Waals surface area contributed by atoms with Crippen LogP contribution in [0.2, 0.25) is 0 Å². The Labute approximate surface area is 138 Å². The molecule has 1 N–H and O–H groups in total. The SMILES string of the molecule is O=C(NCc1ccco1)C1CCN(c2ccc3nncn3n2)CC1. The molecule has 1 saturated heterocycles. The summed E-state index contributed by atoms with van der Waals surface area (Å²) in [5, 5.41) is 15.2. The number of aromatic nitrogens is 4. The summed E-state index contributed by atoms with van der Waals surface area (Å²) in [5.41, 5.74) is 0.728. The topological polar surface area (TPSA) is 88.6 Å². The van der Waals surface area contributed by atoms with E-state index < -0.39 is 0 Å². The highest BCUT2D eigenvalue weighted by Gasteiger charge is 2.25. The van der Waals surface area contributed by atoms with E-state index in [0.29, 0.717) is 6.54 Å². The number of anilines is 1. The van der Waals surface area contributed by atoms with Gasteiger partial charge in [0.15, 0.2) is 5.65 Å². The van der Waals surface area contributed by atoms with Crippen LogP contribution < -0.4 is 10.2 Å². The number of piperidine rings is 1. The molecule has 4 rings (SSSR count). The first-order valence-electron chi connectivity index (χ1n) is 8.02. The summed E-state index contributed by atoms with van der Waals surface area (Å²) in [4.78, 5) is 14.5. The monoisotopic (exact) mass is 326 g/mol. The lowest BCUT2D eigenvalue weighted by atomic mass is 9.96. The average molecular weight is 326 g/mol. The maximum atomic E-state index is 12.3. The van der Waals surface area contributed by atoms with Gasteiger partial charge < -0.3 is 14.6 Å². The predicted octanol–water partition coefficient (Wildman–Crippen LogP) is 1.25. The van der Waals surface area contributed by atoms with Gasteiger partial charge >= 0.3 is 0 Å². The first-order chi connectivity index (χ1) is 11.8. The van der Waals surface area contributed by atoms with Gasteiger partial charge in [-0.05, 0) is 37.1 Å². The van der Waals surface area contributed by atoms with Gasteiger partial charge in [0.25, 0.3) is 0 Å². The molecule has 1 aliphatic rings. The molecule has 8 nitrogen and oxygen atoms in total. The zero-order chi connectivity index (χ0) is 16.4. The van der Waals surface area contributed by atoms with Crippen molar-refractivity contribution < 1.29 is 9.21 Å². The van der Waals surface area contributed by atoms with Crippen LogP contribution in [0.5, 0.6) is 0 Å². The Morgan fingerprint density at radius 1 is 1.29 bits per heavy atom. The maximum Gasteiger partial charge on any atom is 0.223 e. The standard InChI is InChI=1S/C16H18N6O2/c23-16(17-10-13-2-1-9-24-13)12-5-7-21(8-6-12)15-4-3-14-19-18-11-22(14)20-15/h1-4,9,11-12H,5-8,10H2,(H,17,23). The quantitative estimate of drug-likeness (QED) is 0.776. The molecular weight excluding hydrogens is 308 g/mol. The van der Waals surface area contributed by atoms with Crippen molar-refractivity contribution in [3.8, 4) is 0 Å². The number of nitrogens with one attached hydrogen (secondary N) is 1. The Bertz CT molecular complexity index is 820. The molecule has 0 saturated carbocycles. The van der Waals surface area contributed by atoms with E-state index in [4.69, 9.17) is 4.42 Å². The molecule has 0 radical (unpaired) electrons. The van der Waals surface area contributed by atoms with Crippen molar-refractivity contribution in [1.82, 2.24) is 25.1 Å². The molecule has 124 valence electrons. The maximum absolute atomic E-state index is 12.3. The zero-order valence-electron chi connectivity index (χ0n) is 13.1. The third-order valence-electron chi connectivity index (χ3n) is 4.35. The molecule has 0 spiro atoms. The largest absolute Gasteiger partial charge is 0.467 e. The molecule has 1 amide bonds. The van der Waals surface area contributed by atoms with Gasteiger partial charge in [0.1, 0.15) is 17.9 Å². The molecule has 0 bridgehead atoms.